The molecule has 0 spiro atoms. The second kappa shape index (κ2) is 3.41. The number of aldehydes is 1. The summed E-state index contributed by atoms with van der Waals surface area (Å²) >= 11 is 0. The summed E-state index contributed by atoms with van der Waals surface area (Å²) < 4.78 is 4.89. The van der Waals surface area contributed by atoms with Crippen LogP contribution in [0, 0.1) is 0 Å². The summed E-state index contributed by atoms with van der Waals surface area (Å²) in [4.78, 5) is 18.6. The monoisotopic (exact) mass is 188 g/mol. The summed E-state index contributed by atoms with van der Waals surface area (Å²) in [6.07, 6.45) is 2.43. The zero-order valence-electron chi connectivity index (χ0n) is 7.60. The minimum absolute atomic E-state index is 0.330. The highest BCUT2D eigenvalue weighted by Gasteiger charge is 1.99. The molecule has 0 atom stereocenters. The van der Waals surface area contributed by atoms with Crippen molar-refractivity contribution in [2.75, 3.05) is 7.11 Å². The van der Waals surface area contributed by atoms with Crippen molar-refractivity contribution >= 4 is 17.2 Å². The quantitative estimate of drug-likeness (QED) is 0.669. The first-order valence-corrected chi connectivity index (χ1v) is 4.09. The maximum atomic E-state index is 10.5. The summed E-state index contributed by atoms with van der Waals surface area (Å²) in [6, 6.07) is 5.55. The van der Waals surface area contributed by atoms with Crippen LogP contribution in [-0.4, -0.2) is 23.4 Å². The predicted octanol–water partition coefficient (Wildman–Crippen LogP) is 1.45. The molecule has 0 N–H and O–H groups in total. The third kappa shape index (κ3) is 1.42. The molecule has 0 aliphatic carbocycles. The minimum Gasteiger partial charge on any atom is -0.467 e. The first-order chi connectivity index (χ1) is 6.83. The minimum atomic E-state index is 0.330. The van der Waals surface area contributed by atoms with Gasteiger partial charge in [-0.15, -0.1) is 0 Å². The molecule has 4 nitrogen and oxygen atoms in total. The number of rotatable bonds is 2. The Kier molecular flexibility index (Phi) is 2.10. The van der Waals surface area contributed by atoms with Crippen LogP contribution >= 0.6 is 0 Å². The van der Waals surface area contributed by atoms with Gasteiger partial charge in [0.1, 0.15) is 6.29 Å². The van der Waals surface area contributed by atoms with Gasteiger partial charge >= 0.3 is 6.01 Å². The van der Waals surface area contributed by atoms with Gasteiger partial charge in [-0.1, -0.05) is 0 Å². The van der Waals surface area contributed by atoms with E-state index in [4.69, 9.17) is 4.74 Å². The predicted molar refractivity (Wildman–Crippen MR) is 51.5 cm³/mol. The van der Waals surface area contributed by atoms with Crippen molar-refractivity contribution in [1.29, 1.82) is 0 Å². The Morgan fingerprint density at radius 1 is 1.43 bits per heavy atom. The highest BCUT2D eigenvalue weighted by molar-refractivity contribution is 5.86. The van der Waals surface area contributed by atoms with Crippen LogP contribution in [0.25, 0.3) is 10.9 Å². The molecule has 0 amide bonds. The maximum absolute atomic E-state index is 10.5. The molecule has 1 aromatic carbocycles. The Bertz CT molecular complexity index is 483. The van der Waals surface area contributed by atoms with Gasteiger partial charge in [0.15, 0.2) is 0 Å². The number of carbonyl (C=O) groups excluding carboxylic acids is 1. The van der Waals surface area contributed by atoms with Crippen molar-refractivity contribution in [2.45, 2.75) is 0 Å². The van der Waals surface area contributed by atoms with Gasteiger partial charge in [-0.2, -0.15) is 4.98 Å². The zero-order valence-corrected chi connectivity index (χ0v) is 7.60. The van der Waals surface area contributed by atoms with E-state index in [-0.39, 0.29) is 0 Å². The van der Waals surface area contributed by atoms with Gasteiger partial charge in [-0.25, -0.2) is 4.98 Å². The highest BCUT2D eigenvalue weighted by atomic mass is 16.5. The number of carbonyl (C=O) groups is 1. The van der Waals surface area contributed by atoms with Crippen molar-refractivity contribution < 1.29 is 9.53 Å². The van der Waals surface area contributed by atoms with Gasteiger partial charge in [-0.05, 0) is 18.2 Å². The molecule has 0 radical (unpaired) electrons. The zero-order chi connectivity index (χ0) is 9.97. The fourth-order valence-corrected chi connectivity index (χ4v) is 1.21. The standard InChI is InChI=1S/C10H8N2O2/c1-14-10-11-5-8-4-7(6-13)2-3-9(8)12-10/h2-6H,1H3. The van der Waals surface area contributed by atoms with E-state index in [1.54, 1.807) is 24.4 Å². The molecule has 0 saturated heterocycles. The number of methoxy groups -OCH3 is 1. The van der Waals surface area contributed by atoms with E-state index in [2.05, 4.69) is 9.97 Å². The molecule has 0 aliphatic rings. The van der Waals surface area contributed by atoms with E-state index in [9.17, 15) is 4.79 Å². The van der Waals surface area contributed by atoms with Crippen molar-refractivity contribution in [3.63, 3.8) is 0 Å². The maximum Gasteiger partial charge on any atom is 0.316 e. The van der Waals surface area contributed by atoms with Crippen LogP contribution < -0.4 is 4.74 Å². The fourth-order valence-electron chi connectivity index (χ4n) is 1.21. The molecule has 70 valence electrons. The summed E-state index contributed by atoms with van der Waals surface area (Å²) in [6.45, 7) is 0. The van der Waals surface area contributed by atoms with E-state index >= 15 is 0 Å². The van der Waals surface area contributed by atoms with Crippen LogP contribution in [0.2, 0.25) is 0 Å². The average molecular weight is 188 g/mol. The number of benzene rings is 1. The lowest BCUT2D eigenvalue weighted by Gasteiger charge is -2.00. The highest BCUT2D eigenvalue weighted by Crippen LogP contribution is 2.14. The molecule has 0 saturated carbocycles. The summed E-state index contributed by atoms with van der Waals surface area (Å²) in [7, 11) is 1.51. The smallest absolute Gasteiger partial charge is 0.316 e. The second-order valence-electron chi connectivity index (χ2n) is 2.79. The third-order valence-corrected chi connectivity index (χ3v) is 1.90. The SMILES string of the molecule is COc1ncc2cc(C=O)ccc2n1. The first-order valence-electron chi connectivity index (χ1n) is 4.09. The number of hydrogen-bond acceptors (Lipinski definition) is 4. The van der Waals surface area contributed by atoms with Gasteiger partial charge < -0.3 is 4.74 Å². The molecule has 0 aliphatic heterocycles. The molecule has 1 heterocycles. The number of aromatic nitrogens is 2. The molecule has 2 rings (SSSR count). The van der Waals surface area contributed by atoms with E-state index < -0.39 is 0 Å². The van der Waals surface area contributed by atoms with E-state index in [0.717, 1.165) is 17.2 Å². The summed E-state index contributed by atoms with van der Waals surface area (Å²) in [5, 5.41) is 0.829. The fraction of sp³-hybridized carbons (Fsp3) is 0.100. The molecule has 0 unspecified atom stereocenters. The molecule has 0 fully saturated rings. The summed E-state index contributed by atoms with van der Waals surface area (Å²) in [5.41, 5.74) is 1.38. The van der Waals surface area contributed by atoms with Gasteiger partial charge in [0.05, 0.1) is 12.6 Å². The molecule has 4 heteroatoms. The third-order valence-electron chi connectivity index (χ3n) is 1.90. The van der Waals surface area contributed by atoms with E-state index in [1.165, 1.54) is 7.11 Å². The Morgan fingerprint density at radius 3 is 3.00 bits per heavy atom. The van der Waals surface area contributed by atoms with Crippen LogP contribution in [-0.2, 0) is 0 Å². The molecular formula is C10H8N2O2. The number of nitrogens with zero attached hydrogens (tertiary/aromatic N) is 2. The molecule has 2 aromatic rings. The van der Waals surface area contributed by atoms with Crippen LogP contribution in [0.1, 0.15) is 10.4 Å². The lowest BCUT2D eigenvalue weighted by atomic mass is 10.2. The lowest BCUT2D eigenvalue weighted by Crippen LogP contribution is -1.92. The summed E-state index contributed by atoms with van der Waals surface area (Å²) in [5.74, 6) is 0. The van der Waals surface area contributed by atoms with Crippen LogP contribution in [0.3, 0.4) is 0 Å². The van der Waals surface area contributed by atoms with Crippen molar-refractivity contribution in [1.82, 2.24) is 9.97 Å². The number of ether oxygens (including phenoxy) is 1. The van der Waals surface area contributed by atoms with Crippen molar-refractivity contribution in [3.05, 3.63) is 30.0 Å². The van der Waals surface area contributed by atoms with Gasteiger partial charge in [0.25, 0.3) is 0 Å². The van der Waals surface area contributed by atoms with Crippen molar-refractivity contribution in [2.24, 2.45) is 0 Å². The van der Waals surface area contributed by atoms with Gasteiger partial charge in [-0.3, -0.25) is 4.79 Å². The lowest BCUT2D eigenvalue weighted by molar-refractivity contribution is 0.112. The second-order valence-corrected chi connectivity index (χ2v) is 2.79. The van der Waals surface area contributed by atoms with Crippen LogP contribution in [0.5, 0.6) is 6.01 Å². The Hall–Kier alpha value is -1.97. The largest absolute Gasteiger partial charge is 0.467 e. The van der Waals surface area contributed by atoms with Gasteiger partial charge in [0.2, 0.25) is 0 Å². The van der Waals surface area contributed by atoms with E-state index in [1.807, 2.05) is 0 Å². The number of fused-ring (bicyclic) bond motifs is 1. The Morgan fingerprint density at radius 2 is 2.29 bits per heavy atom. The Labute approximate surface area is 80.6 Å². The molecule has 14 heavy (non-hydrogen) atoms. The molecular weight excluding hydrogens is 180 g/mol. The average Bonchev–Trinajstić information content (AvgIpc) is 2.27. The normalized spacial score (nSPS) is 10.1. The van der Waals surface area contributed by atoms with Gasteiger partial charge in [0, 0.05) is 17.1 Å². The number of hydrogen-bond donors (Lipinski definition) is 0. The topological polar surface area (TPSA) is 52.1 Å². The van der Waals surface area contributed by atoms with Crippen LogP contribution in [0.15, 0.2) is 24.4 Å². The van der Waals surface area contributed by atoms with Crippen molar-refractivity contribution in [3.8, 4) is 6.01 Å². The van der Waals surface area contributed by atoms with E-state index in [0.29, 0.717) is 11.6 Å². The first kappa shape index (κ1) is 8.62. The Balaban J connectivity index is 2.63. The van der Waals surface area contributed by atoms with Crippen LogP contribution in [0.4, 0.5) is 0 Å². The molecule has 1 aromatic heterocycles. The molecule has 0 bridgehead atoms.